The number of hydrogen-bond donors (Lipinski definition) is 1. The molecule has 6 nitrogen and oxygen atoms in total. The van der Waals surface area contributed by atoms with Crippen LogP contribution in [0, 0.1) is 5.82 Å². The lowest BCUT2D eigenvalue weighted by molar-refractivity contribution is -0.0501. The van der Waals surface area contributed by atoms with Crippen LogP contribution in [-0.2, 0) is 0 Å². The number of nitrogens with zero attached hydrogens (tertiary/aromatic N) is 3. The Labute approximate surface area is 139 Å². The first-order valence-electron chi connectivity index (χ1n) is 7.04. The molecule has 3 rings (SSSR count). The molecule has 0 aliphatic carbocycles. The van der Waals surface area contributed by atoms with E-state index < -0.39 is 18.3 Å². The summed E-state index contributed by atoms with van der Waals surface area (Å²) in [7, 11) is 0. The molecule has 1 aromatic heterocycles. The van der Waals surface area contributed by atoms with Gasteiger partial charge in [0.25, 0.3) is 5.91 Å². The van der Waals surface area contributed by atoms with Crippen molar-refractivity contribution in [2.24, 2.45) is 0 Å². The highest BCUT2D eigenvalue weighted by atomic mass is 19.3. The van der Waals surface area contributed by atoms with E-state index >= 15 is 0 Å². The van der Waals surface area contributed by atoms with E-state index in [1.807, 2.05) is 0 Å². The van der Waals surface area contributed by atoms with Gasteiger partial charge in [0, 0.05) is 5.69 Å². The molecule has 0 bridgehead atoms. The molecule has 9 heteroatoms. The van der Waals surface area contributed by atoms with E-state index in [9.17, 15) is 18.0 Å². The van der Waals surface area contributed by atoms with Crippen LogP contribution in [0.25, 0.3) is 5.69 Å². The lowest BCUT2D eigenvalue weighted by atomic mass is 10.2. The predicted molar refractivity (Wildman–Crippen MR) is 82.3 cm³/mol. The molecule has 0 aliphatic heterocycles. The van der Waals surface area contributed by atoms with Gasteiger partial charge in [-0.25, -0.2) is 14.1 Å². The molecule has 1 amide bonds. The van der Waals surface area contributed by atoms with Crippen molar-refractivity contribution in [2.75, 3.05) is 5.32 Å². The van der Waals surface area contributed by atoms with Crippen LogP contribution in [0.1, 0.15) is 10.4 Å². The first kappa shape index (κ1) is 16.5. The van der Waals surface area contributed by atoms with Gasteiger partial charge >= 0.3 is 6.61 Å². The van der Waals surface area contributed by atoms with Crippen LogP contribution in [0.5, 0.6) is 5.75 Å². The number of ether oxygens (including phenoxy) is 1. The number of rotatable bonds is 5. The summed E-state index contributed by atoms with van der Waals surface area (Å²) in [6, 6.07) is 9.48. The molecule has 0 saturated carbocycles. The average molecular weight is 348 g/mol. The molecule has 0 radical (unpaired) electrons. The zero-order valence-corrected chi connectivity index (χ0v) is 12.6. The second-order valence-corrected chi connectivity index (χ2v) is 4.84. The van der Waals surface area contributed by atoms with Gasteiger partial charge in [0.1, 0.15) is 24.1 Å². The lowest BCUT2D eigenvalue weighted by Crippen LogP contribution is -2.15. The summed E-state index contributed by atoms with van der Waals surface area (Å²) in [5.74, 6) is -1.61. The van der Waals surface area contributed by atoms with Crippen LogP contribution < -0.4 is 10.1 Å². The minimum atomic E-state index is -3.06. The molecule has 0 saturated heterocycles. The third kappa shape index (κ3) is 3.77. The van der Waals surface area contributed by atoms with Crippen LogP contribution in [0.2, 0.25) is 0 Å². The van der Waals surface area contributed by atoms with Crippen LogP contribution in [0.15, 0.2) is 55.1 Å². The van der Waals surface area contributed by atoms with E-state index in [0.29, 0.717) is 0 Å². The summed E-state index contributed by atoms with van der Waals surface area (Å²) in [5.41, 5.74) is 0.207. The normalized spacial score (nSPS) is 10.7. The highest BCUT2D eigenvalue weighted by molar-refractivity contribution is 6.06. The van der Waals surface area contributed by atoms with Crippen LogP contribution >= 0.6 is 0 Å². The topological polar surface area (TPSA) is 69.0 Å². The van der Waals surface area contributed by atoms with Gasteiger partial charge in [0.15, 0.2) is 5.82 Å². The Hall–Kier alpha value is -3.36. The van der Waals surface area contributed by atoms with E-state index in [1.54, 1.807) is 0 Å². The van der Waals surface area contributed by atoms with Gasteiger partial charge < -0.3 is 10.1 Å². The number of nitrogens with one attached hydrogen (secondary N) is 1. The Bertz CT molecular complexity index is 885. The van der Waals surface area contributed by atoms with Crippen molar-refractivity contribution in [1.82, 2.24) is 14.8 Å². The second-order valence-electron chi connectivity index (χ2n) is 4.84. The molecule has 0 aliphatic rings. The Morgan fingerprint density at radius 1 is 1.20 bits per heavy atom. The fourth-order valence-corrected chi connectivity index (χ4v) is 2.15. The number of hydrogen-bond acceptors (Lipinski definition) is 4. The summed E-state index contributed by atoms with van der Waals surface area (Å²) in [6.07, 6.45) is 2.59. The Morgan fingerprint density at radius 3 is 2.68 bits per heavy atom. The number of anilines is 1. The van der Waals surface area contributed by atoms with Crippen molar-refractivity contribution in [3.05, 3.63) is 66.5 Å². The Morgan fingerprint density at radius 2 is 2.00 bits per heavy atom. The first-order valence-corrected chi connectivity index (χ1v) is 7.04. The molecule has 0 fully saturated rings. The molecule has 1 heterocycles. The molecule has 0 spiro atoms. The third-order valence-corrected chi connectivity index (χ3v) is 3.22. The van der Waals surface area contributed by atoms with Gasteiger partial charge in [-0.15, -0.1) is 0 Å². The molecule has 2 aromatic carbocycles. The van der Waals surface area contributed by atoms with Crippen LogP contribution in [0.3, 0.4) is 0 Å². The standard InChI is InChI=1S/C16H11F3N4O2/c17-12-7-10(5-6-13(12)23-9-20-8-21-23)22-15(24)11-3-1-2-4-14(11)25-16(18)19/h1-9,16H,(H,22,24). The number of aromatic nitrogens is 3. The number of amides is 1. The number of carbonyl (C=O) groups excluding carboxylic acids is 1. The first-order chi connectivity index (χ1) is 12.0. The van der Waals surface area contributed by atoms with Gasteiger partial charge in [-0.1, -0.05) is 12.1 Å². The third-order valence-electron chi connectivity index (χ3n) is 3.22. The summed E-state index contributed by atoms with van der Waals surface area (Å²) < 4.78 is 44.5. The fraction of sp³-hybridized carbons (Fsp3) is 0.0625. The van der Waals surface area contributed by atoms with E-state index in [0.717, 1.165) is 6.07 Å². The van der Waals surface area contributed by atoms with Gasteiger partial charge in [-0.3, -0.25) is 4.79 Å². The molecule has 1 N–H and O–H groups in total. The Balaban J connectivity index is 1.81. The fourth-order valence-electron chi connectivity index (χ4n) is 2.15. The van der Waals surface area contributed by atoms with Crippen molar-refractivity contribution in [3.63, 3.8) is 0 Å². The van der Waals surface area contributed by atoms with Crippen LogP contribution in [-0.4, -0.2) is 27.3 Å². The molecular weight excluding hydrogens is 337 g/mol. The molecular formula is C16H11F3N4O2. The number of carbonyl (C=O) groups is 1. The number of para-hydroxylation sites is 1. The minimum absolute atomic E-state index is 0.0939. The SMILES string of the molecule is O=C(Nc1ccc(-n2cncn2)c(F)c1)c1ccccc1OC(F)F. The molecule has 0 unspecified atom stereocenters. The van der Waals surface area contributed by atoms with Crippen molar-refractivity contribution in [1.29, 1.82) is 0 Å². The summed E-state index contributed by atoms with van der Waals surface area (Å²) >= 11 is 0. The zero-order valence-electron chi connectivity index (χ0n) is 12.6. The van der Waals surface area contributed by atoms with Crippen LogP contribution in [0.4, 0.5) is 18.9 Å². The highest BCUT2D eigenvalue weighted by Gasteiger charge is 2.16. The van der Waals surface area contributed by atoms with E-state index in [2.05, 4.69) is 20.1 Å². The van der Waals surface area contributed by atoms with Crippen molar-refractivity contribution >= 4 is 11.6 Å². The summed E-state index contributed by atoms with van der Waals surface area (Å²) in [6.45, 7) is -3.06. The average Bonchev–Trinajstić information content (AvgIpc) is 3.09. The lowest BCUT2D eigenvalue weighted by Gasteiger charge is -2.11. The minimum Gasteiger partial charge on any atom is -0.434 e. The maximum atomic E-state index is 14.2. The molecule has 3 aromatic rings. The van der Waals surface area contributed by atoms with Crippen molar-refractivity contribution in [2.45, 2.75) is 6.61 Å². The predicted octanol–water partition coefficient (Wildman–Crippen LogP) is 3.26. The van der Waals surface area contributed by atoms with Gasteiger partial charge in [-0.2, -0.15) is 13.9 Å². The monoisotopic (exact) mass is 348 g/mol. The van der Waals surface area contributed by atoms with Crippen molar-refractivity contribution in [3.8, 4) is 11.4 Å². The number of benzene rings is 2. The largest absolute Gasteiger partial charge is 0.434 e. The molecule has 0 atom stereocenters. The molecule has 128 valence electrons. The summed E-state index contributed by atoms with van der Waals surface area (Å²) in [4.78, 5) is 16.0. The summed E-state index contributed by atoms with van der Waals surface area (Å²) in [5, 5.41) is 6.25. The molecule has 25 heavy (non-hydrogen) atoms. The Kier molecular flexibility index (Phi) is 4.64. The quantitative estimate of drug-likeness (QED) is 0.768. The van der Waals surface area contributed by atoms with E-state index in [4.69, 9.17) is 0 Å². The van der Waals surface area contributed by atoms with E-state index in [-0.39, 0.29) is 22.7 Å². The number of alkyl halides is 2. The van der Waals surface area contributed by atoms with Gasteiger partial charge in [0.2, 0.25) is 0 Å². The second kappa shape index (κ2) is 7.04. The maximum absolute atomic E-state index is 14.2. The highest BCUT2D eigenvalue weighted by Crippen LogP contribution is 2.23. The smallest absolute Gasteiger partial charge is 0.387 e. The zero-order chi connectivity index (χ0) is 17.8. The van der Waals surface area contributed by atoms with Crippen molar-refractivity contribution < 1.29 is 22.7 Å². The number of halogens is 3. The van der Waals surface area contributed by atoms with Gasteiger partial charge in [-0.05, 0) is 30.3 Å². The van der Waals surface area contributed by atoms with Gasteiger partial charge in [0.05, 0.1) is 5.56 Å². The maximum Gasteiger partial charge on any atom is 0.387 e. The van der Waals surface area contributed by atoms with E-state index in [1.165, 1.54) is 53.7 Å².